The average molecular weight is 356 g/mol. The maximum atomic E-state index is 5.82. The Kier molecular flexibility index (Phi) is 5.20. The van der Waals surface area contributed by atoms with Crippen LogP contribution >= 0.6 is 0 Å². The van der Waals surface area contributed by atoms with Gasteiger partial charge in [-0.05, 0) is 44.0 Å². The number of para-hydroxylation sites is 3. The fraction of sp³-hybridized carbons (Fsp3) is 0.208. The van der Waals surface area contributed by atoms with Crippen molar-refractivity contribution in [3.05, 3.63) is 84.4 Å². The third kappa shape index (κ3) is 4.03. The lowest BCUT2D eigenvalue weighted by molar-refractivity contribution is 0.303. The molecule has 0 unspecified atom stereocenters. The molecule has 27 heavy (non-hydrogen) atoms. The summed E-state index contributed by atoms with van der Waals surface area (Å²) in [7, 11) is 0. The number of rotatable bonds is 7. The van der Waals surface area contributed by atoms with Crippen molar-refractivity contribution < 1.29 is 4.74 Å². The van der Waals surface area contributed by atoms with Gasteiger partial charge < -0.3 is 9.30 Å². The van der Waals surface area contributed by atoms with Crippen LogP contribution in [0.3, 0.4) is 0 Å². The number of fused-ring (bicyclic) bond motifs is 1. The van der Waals surface area contributed by atoms with Gasteiger partial charge in [0.05, 0.1) is 17.6 Å². The standard InChI is InChI=1S/C24H24N2O/c1-19-13-15-20(16-14-19)24-25-22-11-5-6-12-23(22)26(24)17-7-8-18-27-21-9-3-2-4-10-21/h2-6,9-16H,7-8,17-18H2,1H3. The van der Waals surface area contributed by atoms with Crippen LogP contribution in [-0.2, 0) is 6.54 Å². The van der Waals surface area contributed by atoms with E-state index in [0.717, 1.165) is 48.6 Å². The fourth-order valence-corrected chi connectivity index (χ4v) is 3.30. The van der Waals surface area contributed by atoms with Crippen molar-refractivity contribution in [2.24, 2.45) is 0 Å². The van der Waals surface area contributed by atoms with Crippen LogP contribution in [0.2, 0.25) is 0 Å². The number of imidazole rings is 1. The number of aromatic nitrogens is 2. The molecular formula is C24H24N2O. The summed E-state index contributed by atoms with van der Waals surface area (Å²) in [4.78, 5) is 4.89. The van der Waals surface area contributed by atoms with Gasteiger partial charge in [-0.15, -0.1) is 0 Å². The Morgan fingerprint density at radius 1 is 0.815 bits per heavy atom. The van der Waals surface area contributed by atoms with Gasteiger partial charge in [-0.25, -0.2) is 4.98 Å². The van der Waals surface area contributed by atoms with Crippen molar-refractivity contribution in [3.8, 4) is 17.1 Å². The average Bonchev–Trinajstić information content (AvgIpc) is 3.08. The molecule has 0 amide bonds. The van der Waals surface area contributed by atoms with Crippen LogP contribution in [0.5, 0.6) is 5.75 Å². The number of nitrogens with zero attached hydrogens (tertiary/aromatic N) is 2. The Labute approximate surface area is 160 Å². The molecule has 0 spiro atoms. The summed E-state index contributed by atoms with van der Waals surface area (Å²) in [6, 6.07) is 27.0. The molecule has 3 aromatic carbocycles. The largest absolute Gasteiger partial charge is 0.494 e. The highest BCUT2D eigenvalue weighted by Crippen LogP contribution is 2.25. The minimum Gasteiger partial charge on any atom is -0.494 e. The first-order valence-electron chi connectivity index (χ1n) is 9.51. The number of unbranched alkanes of at least 4 members (excludes halogenated alkanes) is 1. The van der Waals surface area contributed by atoms with Gasteiger partial charge in [-0.3, -0.25) is 0 Å². The molecule has 0 aliphatic heterocycles. The van der Waals surface area contributed by atoms with Crippen molar-refractivity contribution >= 4 is 11.0 Å². The maximum absolute atomic E-state index is 5.82. The normalized spacial score (nSPS) is 11.0. The van der Waals surface area contributed by atoms with E-state index in [0.29, 0.717) is 0 Å². The van der Waals surface area contributed by atoms with Gasteiger partial charge in [0.25, 0.3) is 0 Å². The third-order valence-corrected chi connectivity index (χ3v) is 4.75. The first-order chi connectivity index (χ1) is 13.3. The van der Waals surface area contributed by atoms with Crippen LogP contribution in [0.25, 0.3) is 22.4 Å². The van der Waals surface area contributed by atoms with E-state index in [1.54, 1.807) is 0 Å². The van der Waals surface area contributed by atoms with E-state index in [1.165, 1.54) is 11.1 Å². The maximum Gasteiger partial charge on any atom is 0.141 e. The minimum absolute atomic E-state index is 0.733. The van der Waals surface area contributed by atoms with Crippen molar-refractivity contribution in [2.75, 3.05) is 6.61 Å². The third-order valence-electron chi connectivity index (χ3n) is 4.75. The molecule has 0 saturated heterocycles. The molecule has 0 saturated carbocycles. The van der Waals surface area contributed by atoms with Gasteiger partial charge in [0.2, 0.25) is 0 Å². The summed E-state index contributed by atoms with van der Waals surface area (Å²) in [5.41, 5.74) is 4.67. The van der Waals surface area contributed by atoms with E-state index in [1.807, 2.05) is 36.4 Å². The first kappa shape index (κ1) is 17.3. The summed E-state index contributed by atoms with van der Waals surface area (Å²) in [5.74, 6) is 1.98. The summed E-state index contributed by atoms with van der Waals surface area (Å²) in [6.07, 6.45) is 2.06. The number of aryl methyl sites for hydroxylation is 2. The molecule has 1 aromatic heterocycles. The van der Waals surface area contributed by atoms with Gasteiger partial charge in [0.1, 0.15) is 11.6 Å². The highest BCUT2D eigenvalue weighted by atomic mass is 16.5. The number of hydrogen-bond acceptors (Lipinski definition) is 2. The molecule has 0 aliphatic rings. The molecule has 0 bridgehead atoms. The number of ether oxygens (including phenoxy) is 1. The smallest absolute Gasteiger partial charge is 0.141 e. The fourth-order valence-electron chi connectivity index (χ4n) is 3.30. The van der Waals surface area contributed by atoms with Crippen molar-refractivity contribution in [3.63, 3.8) is 0 Å². The zero-order chi connectivity index (χ0) is 18.5. The van der Waals surface area contributed by atoms with Gasteiger partial charge in [0.15, 0.2) is 0 Å². The molecule has 0 atom stereocenters. The lowest BCUT2D eigenvalue weighted by atomic mass is 10.1. The van der Waals surface area contributed by atoms with Crippen molar-refractivity contribution in [1.29, 1.82) is 0 Å². The highest BCUT2D eigenvalue weighted by molar-refractivity contribution is 5.80. The molecule has 3 nitrogen and oxygen atoms in total. The van der Waals surface area contributed by atoms with E-state index in [-0.39, 0.29) is 0 Å². The van der Waals surface area contributed by atoms with E-state index in [4.69, 9.17) is 9.72 Å². The van der Waals surface area contributed by atoms with Crippen LogP contribution in [0.15, 0.2) is 78.9 Å². The van der Waals surface area contributed by atoms with E-state index in [2.05, 4.69) is 54.0 Å². The molecule has 3 heteroatoms. The number of benzene rings is 3. The second kappa shape index (κ2) is 8.09. The molecule has 0 fully saturated rings. The van der Waals surface area contributed by atoms with Gasteiger partial charge >= 0.3 is 0 Å². The summed E-state index contributed by atoms with van der Waals surface area (Å²) in [6.45, 7) is 3.78. The van der Waals surface area contributed by atoms with Gasteiger partial charge in [0, 0.05) is 12.1 Å². The Morgan fingerprint density at radius 2 is 1.56 bits per heavy atom. The van der Waals surface area contributed by atoms with Crippen molar-refractivity contribution in [2.45, 2.75) is 26.3 Å². The summed E-state index contributed by atoms with van der Waals surface area (Å²) >= 11 is 0. The Bertz CT molecular complexity index is 1000. The molecule has 4 rings (SSSR count). The van der Waals surface area contributed by atoms with Crippen molar-refractivity contribution in [1.82, 2.24) is 9.55 Å². The molecule has 1 heterocycles. The molecule has 0 aliphatic carbocycles. The monoisotopic (exact) mass is 356 g/mol. The second-order valence-electron chi connectivity index (χ2n) is 6.81. The minimum atomic E-state index is 0.733. The quantitative estimate of drug-likeness (QED) is 0.387. The Hall–Kier alpha value is -3.07. The SMILES string of the molecule is Cc1ccc(-c2nc3ccccc3n2CCCCOc2ccccc2)cc1. The zero-order valence-electron chi connectivity index (χ0n) is 15.6. The summed E-state index contributed by atoms with van der Waals surface area (Å²) < 4.78 is 8.15. The van der Waals surface area contributed by atoms with E-state index >= 15 is 0 Å². The molecule has 136 valence electrons. The topological polar surface area (TPSA) is 27.1 Å². The Morgan fingerprint density at radius 3 is 2.37 bits per heavy atom. The van der Waals surface area contributed by atoms with Crippen LogP contribution in [0, 0.1) is 6.92 Å². The lowest BCUT2D eigenvalue weighted by Crippen LogP contribution is -2.04. The van der Waals surface area contributed by atoms with Crippen LogP contribution in [-0.4, -0.2) is 16.2 Å². The molecule has 0 radical (unpaired) electrons. The second-order valence-corrected chi connectivity index (χ2v) is 6.81. The first-order valence-corrected chi connectivity index (χ1v) is 9.51. The van der Waals surface area contributed by atoms with Crippen LogP contribution in [0.4, 0.5) is 0 Å². The Balaban J connectivity index is 1.48. The molecular weight excluding hydrogens is 332 g/mol. The van der Waals surface area contributed by atoms with E-state index < -0.39 is 0 Å². The molecule has 0 N–H and O–H groups in total. The zero-order valence-corrected chi connectivity index (χ0v) is 15.6. The van der Waals surface area contributed by atoms with Crippen LogP contribution in [0.1, 0.15) is 18.4 Å². The number of hydrogen-bond donors (Lipinski definition) is 0. The predicted molar refractivity (Wildman–Crippen MR) is 111 cm³/mol. The highest BCUT2D eigenvalue weighted by Gasteiger charge is 2.12. The summed E-state index contributed by atoms with van der Waals surface area (Å²) in [5, 5.41) is 0. The van der Waals surface area contributed by atoms with Gasteiger partial charge in [-0.1, -0.05) is 60.2 Å². The lowest BCUT2D eigenvalue weighted by Gasteiger charge is -2.10. The molecule has 4 aromatic rings. The predicted octanol–water partition coefficient (Wildman–Crippen LogP) is 5.87. The van der Waals surface area contributed by atoms with E-state index in [9.17, 15) is 0 Å². The van der Waals surface area contributed by atoms with Gasteiger partial charge in [-0.2, -0.15) is 0 Å². The van der Waals surface area contributed by atoms with Crippen LogP contribution < -0.4 is 4.74 Å².